The van der Waals surface area contributed by atoms with Crippen LogP contribution in [0.4, 0.5) is 5.69 Å². The first-order valence-corrected chi connectivity index (χ1v) is 8.51. The summed E-state index contributed by atoms with van der Waals surface area (Å²) in [5.41, 5.74) is 0.295. The molecule has 4 nitrogen and oxygen atoms in total. The molecule has 0 aliphatic carbocycles. The lowest BCUT2D eigenvalue weighted by molar-refractivity contribution is -0.119. The van der Waals surface area contributed by atoms with E-state index in [-0.39, 0.29) is 0 Å². The number of carbonyl (C=O) groups is 2. The lowest BCUT2D eigenvalue weighted by Gasteiger charge is -2.09. The molecular formula is C17H11Cl2NO3S. The summed E-state index contributed by atoms with van der Waals surface area (Å²) >= 11 is 13.3. The number of hydrogen-bond acceptors (Lipinski definition) is 4. The Hall–Kier alpha value is -2.08. The van der Waals surface area contributed by atoms with E-state index < -0.39 is 18.5 Å². The molecule has 1 aromatic heterocycles. The molecule has 0 aliphatic heterocycles. The van der Waals surface area contributed by atoms with Gasteiger partial charge >= 0.3 is 5.97 Å². The molecule has 0 bridgehead atoms. The molecule has 0 spiro atoms. The summed E-state index contributed by atoms with van der Waals surface area (Å²) in [7, 11) is 0. The number of anilines is 1. The first-order chi connectivity index (χ1) is 11.5. The summed E-state index contributed by atoms with van der Waals surface area (Å²) in [6.07, 6.45) is 0. The predicted octanol–water partition coefficient (Wildman–Crippen LogP) is 5.00. The number of halogens is 2. The third-order valence-electron chi connectivity index (χ3n) is 3.19. The number of carbonyl (C=O) groups excluding carboxylic acids is 2. The van der Waals surface area contributed by atoms with Gasteiger partial charge in [0.25, 0.3) is 5.91 Å². The van der Waals surface area contributed by atoms with E-state index in [0.717, 1.165) is 10.1 Å². The van der Waals surface area contributed by atoms with Crippen LogP contribution in [0.25, 0.3) is 10.1 Å². The van der Waals surface area contributed by atoms with E-state index in [4.69, 9.17) is 27.9 Å². The van der Waals surface area contributed by atoms with Crippen molar-refractivity contribution in [2.75, 3.05) is 11.9 Å². The number of benzene rings is 2. The molecule has 1 heterocycles. The number of hydrogen-bond donors (Lipinski definition) is 1. The minimum atomic E-state index is -0.545. The van der Waals surface area contributed by atoms with Crippen LogP contribution in [0.5, 0.6) is 0 Å². The van der Waals surface area contributed by atoms with Crippen molar-refractivity contribution in [1.29, 1.82) is 0 Å². The number of ether oxygens (including phenoxy) is 1. The molecule has 2 aromatic carbocycles. The molecule has 1 N–H and O–H groups in total. The largest absolute Gasteiger partial charge is 0.451 e. The Labute approximate surface area is 151 Å². The van der Waals surface area contributed by atoms with Gasteiger partial charge in [-0.05, 0) is 29.7 Å². The molecule has 0 radical (unpaired) electrons. The SMILES string of the molecule is O=C(COC(=O)c1cc2ccccc2s1)Nc1c(Cl)cccc1Cl. The Morgan fingerprint density at radius 1 is 1.04 bits per heavy atom. The van der Waals surface area contributed by atoms with Gasteiger partial charge in [-0.1, -0.05) is 47.5 Å². The molecule has 0 atom stereocenters. The first kappa shape index (κ1) is 16.8. The Morgan fingerprint density at radius 3 is 2.46 bits per heavy atom. The lowest BCUT2D eigenvalue weighted by atomic mass is 10.2. The Kier molecular flexibility index (Phi) is 5.04. The van der Waals surface area contributed by atoms with Crippen molar-refractivity contribution < 1.29 is 14.3 Å². The van der Waals surface area contributed by atoms with Gasteiger partial charge in [-0.3, -0.25) is 4.79 Å². The molecule has 1 amide bonds. The van der Waals surface area contributed by atoms with Crippen LogP contribution in [0.3, 0.4) is 0 Å². The second-order valence-electron chi connectivity index (χ2n) is 4.87. The zero-order valence-corrected chi connectivity index (χ0v) is 14.5. The number of rotatable bonds is 4. The minimum absolute atomic E-state index is 0.295. The van der Waals surface area contributed by atoms with Crippen LogP contribution < -0.4 is 5.32 Å². The van der Waals surface area contributed by atoms with E-state index in [2.05, 4.69) is 5.32 Å². The maximum absolute atomic E-state index is 12.1. The summed E-state index contributed by atoms with van der Waals surface area (Å²) < 4.78 is 6.03. The molecule has 24 heavy (non-hydrogen) atoms. The molecular weight excluding hydrogens is 369 g/mol. The molecule has 0 saturated heterocycles. The average Bonchev–Trinajstić information content (AvgIpc) is 3.00. The number of nitrogens with one attached hydrogen (secondary N) is 1. The number of amides is 1. The van der Waals surface area contributed by atoms with Gasteiger partial charge in [-0.15, -0.1) is 11.3 Å². The highest BCUT2D eigenvalue weighted by Crippen LogP contribution is 2.30. The normalized spacial score (nSPS) is 10.6. The van der Waals surface area contributed by atoms with Gasteiger partial charge in [0.2, 0.25) is 0 Å². The Bertz CT molecular complexity index is 870. The summed E-state index contributed by atoms with van der Waals surface area (Å²) in [5.74, 6) is -1.06. The fraction of sp³-hybridized carbons (Fsp3) is 0.0588. The number of thiophene rings is 1. The molecule has 122 valence electrons. The van der Waals surface area contributed by atoms with Crippen molar-refractivity contribution in [3.8, 4) is 0 Å². The molecule has 0 aliphatic rings. The fourth-order valence-electron chi connectivity index (χ4n) is 2.08. The third kappa shape index (κ3) is 3.70. The van der Waals surface area contributed by atoms with Crippen molar-refractivity contribution in [3.05, 3.63) is 63.5 Å². The van der Waals surface area contributed by atoms with E-state index in [0.29, 0.717) is 20.6 Å². The monoisotopic (exact) mass is 379 g/mol. The van der Waals surface area contributed by atoms with Gasteiger partial charge in [0.15, 0.2) is 6.61 Å². The maximum atomic E-state index is 12.1. The topological polar surface area (TPSA) is 55.4 Å². The molecule has 3 rings (SSSR count). The summed E-state index contributed by atoms with van der Waals surface area (Å²) in [4.78, 5) is 24.4. The highest BCUT2D eigenvalue weighted by molar-refractivity contribution is 7.20. The Morgan fingerprint density at radius 2 is 1.75 bits per heavy atom. The van der Waals surface area contributed by atoms with Crippen molar-refractivity contribution in [2.24, 2.45) is 0 Å². The minimum Gasteiger partial charge on any atom is -0.451 e. The number of fused-ring (bicyclic) bond motifs is 1. The van der Waals surface area contributed by atoms with Gasteiger partial charge in [-0.2, -0.15) is 0 Å². The van der Waals surface area contributed by atoms with Crippen molar-refractivity contribution in [2.45, 2.75) is 0 Å². The summed E-state index contributed by atoms with van der Waals surface area (Å²) in [6.45, 7) is -0.422. The van der Waals surface area contributed by atoms with Crippen LogP contribution in [-0.2, 0) is 9.53 Å². The molecule has 0 saturated carbocycles. The van der Waals surface area contributed by atoms with E-state index in [1.165, 1.54) is 11.3 Å². The summed E-state index contributed by atoms with van der Waals surface area (Å²) in [5, 5.41) is 4.12. The second-order valence-corrected chi connectivity index (χ2v) is 6.77. The lowest BCUT2D eigenvalue weighted by Crippen LogP contribution is -2.21. The van der Waals surface area contributed by atoms with Gasteiger partial charge in [0, 0.05) is 4.70 Å². The zero-order chi connectivity index (χ0) is 17.1. The standard InChI is InChI=1S/C17H11Cl2NO3S/c18-11-5-3-6-12(19)16(11)20-15(21)9-23-17(22)14-8-10-4-1-2-7-13(10)24-14/h1-8H,9H2,(H,20,21). The molecule has 0 unspecified atom stereocenters. The quantitative estimate of drug-likeness (QED) is 0.648. The summed E-state index contributed by atoms with van der Waals surface area (Å²) in [6, 6.07) is 14.2. The molecule has 7 heteroatoms. The van der Waals surface area contributed by atoms with E-state index >= 15 is 0 Å². The predicted molar refractivity (Wildman–Crippen MR) is 97.2 cm³/mol. The van der Waals surface area contributed by atoms with E-state index in [1.54, 1.807) is 24.3 Å². The van der Waals surface area contributed by atoms with Crippen LogP contribution >= 0.6 is 34.5 Å². The Balaban J connectivity index is 1.62. The van der Waals surface area contributed by atoms with Gasteiger partial charge in [0.1, 0.15) is 4.88 Å². The van der Waals surface area contributed by atoms with Crippen LogP contribution in [0.2, 0.25) is 10.0 Å². The zero-order valence-electron chi connectivity index (χ0n) is 12.2. The molecule has 0 fully saturated rings. The third-order valence-corrected chi connectivity index (χ3v) is 4.91. The fourth-order valence-corrected chi connectivity index (χ4v) is 3.53. The van der Waals surface area contributed by atoms with Crippen LogP contribution in [0.15, 0.2) is 48.5 Å². The van der Waals surface area contributed by atoms with Crippen molar-refractivity contribution in [3.63, 3.8) is 0 Å². The number of para-hydroxylation sites is 1. The van der Waals surface area contributed by atoms with E-state index in [1.807, 2.05) is 24.3 Å². The van der Waals surface area contributed by atoms with Crippen LogP contribution in [0, 0.1) is 0 Å². The smallest absolute Gasteiger partial charge is 0.348 e. The molecule has 3 aromatic rings. The van der Waals surface area contributed by atoms with Gasteiger partial charge in [0.05, 0.1) is 15.7 Å². The van der Waals surface area contributed by atoms with Gasteiger partial charge < -0.3 is 10.1 Å². The second kappa shape index (κ2) is 7.21. The maximum Gasteiger partial charge on any atom is 0.348 e. The van der Waals surface area contributed by atoms with E-state index in [9.17, 15) is 9.59 Å². The highest BCUT2D eigenvalue weighted by Gasteiger charge is 2.15. The average molecular weight is 380 g/mol. The van der Waals surface area contributed by atoms with Crippen molar-refractivity contribution in [1.82, 2.24) is 0 Å². The van der Waals surface area contributed by atoms with Crippen LogP contribution in [0.1, 0.15) is 9.67 Å². The first-order valence-electron chi connectivity index (χ1n) is 6.94. The van der Waals surface area contributed by atoms with Crippen molar-refractivity contribution >= 4 is 62.2 Å². The highest BCUT2D eigenvalue weighted by atomic mass is 35.5. The van der Waals surface area contributed by atoms with Gasteiger partial charge in [-0.25, -0.2) is 4.79 Å². The van der Waals surface area contributed by atoms with Crippen LogP contribution in [-0.4, -0.2) is 18.5 Å². The number of esters is 1.